The number of amides is 3. The van der Waals surface area contributed by atoms with Crippen molar-refractivity contribution in [3.8, 4) is 0 Å². The Morgan fingerprint density at radius 3 is 2.72 bits per heavy atom. The molecule has 1 fully saturated rings. The third kappa shape index (κ3) is 5.05. The number of rotatable bonds is 7. The van der Waals surface area contributed by atoms with Crippen LogP contribution in [0.15, 0.2) is 24.3 Å². The molecule has 0 saturated carbocycles. The number of benzene rings is 1. The highest BCUT2D eigenvalue weighted by atomic mass is 16.2. The summed E-state index contributed by atoms with van der Waals surface area (Å²) in [5.74, 6) is -0.475. The smallest absolute Gasteiger partial charge is 0.251 e. The fraction of sp³-hybridized carbons (Fsp3) is 0.526. The maximum atomic E-state index is 12.3. The van der Waals surface area contributed by atoms with E-state index in [1.54, 1.807) is 17.0 Å². The van der Waals surface area contributed by atoms with E-state index in [0.29, 0.717) is 25.2 Å². The van der Waals surface area contributed by atoms with E-state index in [0.717, 1.165) is 12.0 Å². The molecule has 1 aromatic carbocycles. The Morgan fingerprint density at radius 1 is 1.32 bits per heavy atom. The molecule has 1 aromatic rings. The fourth-order valence-corrected chi connectivity index (χ4v) is 2.82. The van der Waals surface area contributed by atoms with E-state index in [-0.39, 0.29) is 36.1 Å². The molecule has 0 radical (unpaired) electrons. The van der Waals surface area contributed by atoms with Crippen molar-refractivity contribution in [2.75, 3.05) is 13.1 Å². The van der Waals surface area contributed by atoms with Crippen LogP contribution in [0.4, 0.5) is 0 Å². The van der Waals surface area contributed by atoms with Crippen LogP contribution in [0.3, 0.4) is 0 Å². The molecule has 1 heterocycles. The molecule has 6 heteroatoms. The molecule has 2 unspecified atom stereocenters. The van der Waals surface area contributed by atoms with Gasteiger partial charge in [0.1, 0.15) is 0 Å². The molecule has 2 N–H and O–H groups in total. The quantitative estimate of drug-likeness (QED) is 0.789. The third-order valence-corrected chi connectivity index (χ3v) is 4.61. The van der Waals surface area contributed by atoms with Gasteiger partial charge in [-0.3, -0.25) is 14.4 Å². The van der Waals surface area contributed by atoms with E-state index in [9.17, 15) is 14.4 Å². The van der Waals surface area contributed by atoms with E-state index in [1.165, 1.54) is 0 Å². The Labute approximate surface area is 149 Å². The lowest BCUT2D eigenvalue weighted by atomic mass is 10.1. The Kier molecular flexibility index (Phi) is 6.56. The lowest BCUT2D eigenvalue weighted by molar-refractivity contribution is -0.128. The summed E-state index contributed by atoms with van der Waals surface area (Å²) < 4.78 is 0. The first kappa shape index (κ1) is 19.0. The SMILES string of the molecule is CCC(C)NC(=O)c1cccc(CNC(=O)C2CC(=O)N(CC)C2)c1. The summed E-state index contributed by atoms with van der Waals surface area (Å²) in [5.41, 5.74) is 1.45. The number of likely N-dealkylation sites (tertiary alicyclic amines) is 1. The highest BCUT2D eigenvalue weighted by Crippen LogP contribution is 2.17. The predicted molar refractivity (Wildman–Crippen MR) is 95.9 cm³/mol. The molecule has 6 nitrogen and oxygen atoms in total. The van der Waals surface area contributed by atoms with Gasteiger partial charge in [-0.2, -0.15) is 0 Å². The number of carbonyl (C=O) groups excluding carboxylic acids is 3. The molecule has 1 saturated heterocycles. The second-order valence-electron chi connectivity index (χ2n) is 6.53. The molecule has 0 aliphatic carbocycles. The Balaban J connectivity index is 1.91. The van der Waals surface area contributed by atoms with Gasteiger partial charge in [-0.15, -0.1) is 0 Å². The van der Waals surface area contributed by atoms with Gasteiger partial charge in [0.15, 0.2) is 0 Å². The lowest BCUT2D eigenvalue weighted by Crippen LogP contribution is -2.33. The van der Waals surface area contributed by atoms with Crippen molar-refractivity contribution in [2.45, 2.75) is 46.2 Å². The molecule has 0 aromatic heterocycles. The van der Waals surface area contributed by atoms with Gasteiger partial charge in [0.25, 0.3) is 5.91 Å². The molecule has 1 aliphatic rings. The van der Waals surface area contributed by atoms with E-state index in [2.05, 4.69) is 10.6 Å². The van der Waals surface area contributed by atoms with Crippen molar-refractivity contribution in [3.05, 3.63) is 35.4 Å². The van der Waals surface area contributed by atoms with Crippen molar-refractivity contribution >= 4 is 17.7 Å². The second-order valence-corrected chi connectivity index (χ2v) is 6.53. The minimum absolute atomic E-state index is 0.0337. The monoisotopic (exact) mass is 345 g/mol. The van der Waals surface area contributed by atoms with Crippen molar-refractivity contribution in [1.29, 1.82) is 0 Å². The Bertz CT molecular complexity index is 645. The zero-order chi connectivity index (χ0) is 18.4. The van der Waals surface area contributed by atoms with Gasteiger partial charge in [-0.1, -0.05) is 19.1 Å². The maximum Gasteiger partial charge on any atom is 0.251 e. The summed E-state index contributed by atoms with van der Waals surface area (Å²) in [7, 11) is 0. The summed E-state index contributed by atoms with van der Waals surface area (Å²) in [6.45, 7) is 7.36. The first-order valence-electron chi connectivity index (χ1n) is 8.89. The van der Waals surface area contributed by atoms with E-state index < -0.39 is 0 Å². The fourth-order valence-electron chi connectivity index (χ4n) is 2.82. The predicted octanol–water partition coefficient (Wildman–Crippen LogP) is 1.70. The average Bonchev–Trinajstić information content (AvgIpc) is 3.00. The van der Waals surface area contributed by atoms with Crippen molar-refractivity contribution in [3.63, 3.8) is 0 Å². The van der Waals surface area contributed by atoms with Gasteiger partial charge >= 0.3 is 0 Å². The molecule has 3 amide bonds. The number of nitrogens with zero attached hydrogens (tertiary/aromatic N) is 1. The van der Waals surface area contributed by atoms with Crippen LogP contribution in [0.2, 0.25) is 0 Å². The maximum absolute atomic E-state index is 12.3. The molecule has 2 atom stereocenters. The zero-order valence-corrected chi connectivity index (χ0v) is 15.2. The van der Waals surface area contributed by atoms with E-state index >= 15 is 0 Å². The first-order valence-corrected chi connectivity index (χ1v) is 8.89. The summed E-state index contributed by atoms with van der Waals surface area (Å²) >= 11 is 0. The molecule has 0 spiro atoms. The van der Waals surface area contributed by atoms with Gasteiger partial charge in [0, 0.05) is 37.7 Å². The van der Waals surface area contributed by atoms with Gasteiger partial charge in [-0.25, -0.2) is 0 Å². The molecule has 25 heavy (non-hydrogen) atoms. The van der Waals surface area contributed by atoms with Crippen molar-refractivity contribution in [2.24, 2.45) is 5.92 Å². The summed E-state index contributed by atoms with van der Waals surface area (Å²) in [6.07, 6.45) is 1.15. The van der Waals surface area contributed by atoms with Gasteiger partial charge in [-0.05, 0) is 38.0 Å². The van der Waals surface area contributed by atoms with Crippen LogP contribution in [0.25, 0.3) is 0 Å². The molecule has 0 bridgehead atoms. The molecule has 1 aliphatic heterocycles. The standard InChI is InChI=1S/C19H27N3O3/c1-4-13(3)21-19(25)15-8-6-7-14(9-15)11-20-18(24)16-10-17(23)22(5-2)12-16/h6-9,13,16H,4-5,10-12H2,1-3H3,(H,20,24)(H,21,25). The molecular weight excluding hydrogens is 318 g/mol. The second kappa shape index (κ2) is 8.65. The zero-order valence-electron chi connectivity index (χ0n) is 15.2. The van der Waals surface area contributed by atoms with Crippen LogP contribution in [0.1, 0.15) is 49.5 Å². The van der Waals surface area contributed by atoms with Crippen LogP contribution in [-0.4, -0.2) is 41.8 Å². The number of hydrogen-bond acceptors (Lipinski definition) is 3. The normalized spacial score (nSPS) is 18.1. The molecular formula is C19H27N3O3. The largest absolute Gasteiger partial charge is 0.352 e. The number of carbonyl (C=O) groups is 3. The number of hydrogen-bond donors (Lipinski definition) is 2. The average molecular weight is 345 g/mol. The highest BCUT2D eigenvalue weighted by molar-refractivity contribution is 5.94. The Hall–Kier alpha value is -2.37. The van der Waals surface area contributed by atoms with Crippen LogP contribution >= 0.6 is 0 Å². The third-order valence-electron chi connectivity index (χ3n) is 4.61. The van der Waals surface area contributed by atoms with Crippen LogP contribution < -0.4 is 10.6 Å². The Morgan fingerprint density at radius 2 is 2.08 bits per heavy atom. The summed E-state index contributed by atoms with van der Waals surface area (Å²) in [5, 5.41) is 5.80. The van der Waals surface area contributed by atoms with Crippen LogP contribution in [0.5, 0.6) is 0 Å². The van der Waals surface area contributed by atoms with E-state index in [1.807, 2.05) is 32.9 Å². The highest BCUT2D eigenvalue weighted by Gasteiger charge is 2.33. The van der Waals surface area contributed by atoms with E-state index in [4.69, 9.17) is 0 Å². The van der Waals surface area contributed by atoms with Crippen LogP contribution in [0, 0.1) is 5.92 Å². The van der Waals surface area contributed by atoms with Gasteiger partial charge in [0.05, 0.1) is 5.92 Å². The topological polar surface area (TPSA) is 78.5 Å². The van der Waals surface area contributed by atoms with Gasteiger partial charge in [0.2, 0.25) is 11.8 Å². The minimum atomic E-state index is -0.288. The first-order chi connectivity index (χ1) is 11.9. The van der Waals surface area contributed by atoms with Crippen molar-refractivity contribution in [1.82, 2.24) is 15.5 Å². The minimum Gasteiger partial charge on any atom is -0.352 e. The van der Waals surface area contributed by atoms with Crippen LogP contribution in [-0.2, 0) is 16.1 Å². The summed E-state index contributed by atoms with van der Waals surface area (Å²) in [4.78, 5) is 37.9. The van der Waals surface area contributed by atoms with Gasteiger partial charge < -0.3 is 15.5 Å². The van der Waals surface area contributed by atoms with Crippen molar-refractivity contribution < 1.29 is 14.4 Å². The molecule has 2 rings (SSSR count). The number of nitrogens with one attached hydrogen (secondary N) is 2. The summed E-state index contributed by atoms with van der Waals surface area (Å²) in [6, 6.07) is 7.36. The molecule has 136 valence electrons. The lowest BCUT2D eigenvalue weighted by Gasteiger charge is -2.14.